The van der Waals surface area contributed by atoms with Gasteiger partial charge >= 0.3 is 0 Å². The Morgan fingerprint density at radius 2 is 2.19 bits per heavy atom. The molecule has 1 heterocycles. The molecule has 1 rings (SSSR count). The zero-order valence-corrected chi connectivity index (χ0v) is 16.7. The van der Waals surface area contributed by atoms with E-state index in [1.54, 1.807) is 0 Å². The largest absolute Gasteiger partial charge is 0.410 e. The summed E-state index contributed by atoms with van der Waals surface area (Å²) in [7, 11) is -3.25. The number of rotatable bonds is 7. The third-order valence-corrected chi connectivity index (χ3v) is 8.26. The van der Waals surface area contributed by atoms with Crippen LogP contribution < -0.4 is 0 Å². The Kier molecular flexibility index (Phi) is 6.41. The van der Waals surface area contributed by atoms with Gasteiger partial charge in [0.2, 0.25) is 0 Å². The molecule has 2 nitrogen and oxygen atoms in total. The molecule has 0 amide bonds. The summed E-state index contributed by atoms with van der Waals surface area (Å²) in [4.78, 5) is 0. The first-order valence-electron chi connectivity index (χ1n) is 7.85. The summed E-state index contributed by atoms with van der Waals surface area (Å²) in [5, 5.41) is 0. The van der Waals surface area contributed by atoms with Crippen LogP contribution in [-0.4, -0.2) is 28.8 Å². The van der Waals surface area contributed by atoms with Crippen molar-refractivity contribution in [3.8, 4) is 0 Å². The second kappa shape index (κ2) is 7.22. The Balaban J connectivity index is 2.79. The van der Waals surface area contributed by atoms with Gasteiger partial charge in [-0.25, -0.2) is 0 Å². The predicted molar refractivity (Wildman–Crippen MR) is 97.7 cm³/mol. The molecule has 0 saturated heterocycles. The fourth-order valence-electron chi connectivity index (χ4n) is 2.62. The summed E-state index contributed by atoms with van der Waals surface area (Å²) in [5.74, 6) is 0. The highest BCUT2D eigenvalue weighted by molar-refractivity contribution is 6.72. The number of hydrogen-bond donors (Lipinski definition) is 0. The van der Waals surface area contributed by atoms with Gasteiger partial charge in [-0.3, -0.25) is 0 Å². The first kappa shape index (κ1) is 18.6. The van der Waals surface area contributed by atoms with Crippen molar-refractivity contribution < 1.29 is 8.85 Å². The van der Waals surface area contributed by atoms with Gasteiger partial charge in [0.1, 0.15) is 0 Å². The van der Waals surface area contributed by atoms with E-state index in [2.05, 4.69) is 59.3 Å². The zero-order valence-electron chi connectivity index (χ0n) is 14.7. The lowest BCUT2D eigenvalue weighted by Crippen LogP contribution is -2.42. The van der Waals surface area contributed by atoms with Crippen LogP contribution in [0.2, 0.25) is 38.3 Å². The summed E-state index contributed by atoms with van der Waals surface area (Å²) in [6, 6.07) is 2.09. The standard InChI is InChI=1S/C17H32O2Si2/c1-9-11-20(5,6)18-16(14(2)3)13-17-15(4)10-12-21(7,8)19-17/h9-10,16-17H,1-2,11-13H2,3-8H3/t16-,17+/m0/s1. The van der Waals surface area contributed by atoms with E-state index in [1.165, 1.54) is 5.57 Å². The highest BCUT2D eigenvalue weighted by Crippen LogP contribution is 2.30. The smallest absolute Gasteiger partial charge is 0.191 e. The van der Waals surface area contributed by atoms with Gasteiger partial charge in [-0.05, 0) is 52.1 Å². The Bertz CT molecular complexity index is 425. The van der Waals surface area contributed by atoms with Crippen molar-refractivity contribution in [1.82, 2.24) is 0 Å². The minimum Gasteiger partial charge on any atom is -0.410 e. The van der Waals surface area contributed by atoms with Crippen molar-refractivity contribution in [1.29, 1.82) is 0 Å². The van der Waals surface area contributed by atoms with E-state index in [-0.39, 0.29) is 12.2 Å². The fraction of sp³-hybridized carbons (Fsp3) is 0.647. The molecule has 0 saturated carbocycles. The quantitative estimate of drug-likeness (QED) is 0.468. The predicted octanol–water partition coefficient (Wildman–Crippen LogP) is 5.28. The highest BCUT2D eigenvalue weighted by atomic mass is 28.4. The molecule has 0 fully saturated rings. The van der Waals surface area contributed by atoms with Crippen LogP contribution in [0.3, 0.4) is 0 Å². The lowest BCUT2D eigenvalue weighted by Gasteiger charge is -2.37. The Morgan fingerprint density at radius 1 is 1.57 bits per heavy atom. The molecule has 0 spiro atoms. The Hall–Kier alpha value is -0.426. The summed E-state index contributed by atoms with van der Waals surface area (Å²) in [6.07, 6.45) is 5.50. The van der Waals surface area contributed by atoms with Crippen LogP contribution in [0.1, 0.15) is 20.3 Å². The van der Waals surface area contributed by atoms with Gasteiger partial charge < -0.3 is 8.85 Å². The molecule has 0 aromatic carbocycles. The summed E-state index contributed by atoms with van der Waals surface area (Å²) in [5.41, 5.74) is 2.45. The second-order valence-corrected chi connectivity index (χ2v) is 15.8. The van der Waals surface area contributed by atoms with Gasteiger partial charge in [0.05, 0.1) is 12.2 Å². The van der Waals surface area contributed by atoms with Crippen LogP contribution in [0.4, 0.5) is 0 Å². The van der Waals surface area contributed by atoms with E-state index in [0.717, 1.165) is 24.1 Å². The average Bonchev–Trinajstić information content (AvgIpc) is 2.32. The van der Waals surface area contributed by atoms with Crippen molar-refractivity contribution in [2.45, 2.75) is 70.8 Å². The van der Waals surface area contributed by atoms with E-state index >= 15 is 0 Å². The van der Waals surface area contributed by atoms with E-state index in [9.17, 15) is 0 Å². The van der Waals surface area contributed by atoms with Gasteiger partial charge in [0, 0.05) is 6.42 Å². The maximum absolute atomic E-state index is 6.44. The van der Waals surface area contributed by atoms with Gasteiger partial charge in [-0.2, -0.15) is 0 Å². The maximum atomic E-state index is 6.44. The van der Waals surface area contributed by atoms with Crippen molar-refractivity contribution in [2.75, 3.05) is 0 Å². The third kappa shape index (κ3) is 6.06. The van der Waals surface area contributed by atoms with Crippen LogP contribution in [0, 0.1) is 0 Å². The summed E-state index contributed by atoms with van der Waals surface area (Å²) < 4.78 is 12.8. The normalized spacial score (nSPS) is 23.3. The van der Waals surface area contributed by atoms with E-state index in [1.807, 2.05) is 6.08 Å². The van der Waals surface area contributed by atoms with Crippen molar-refractivity contribution >= 4 is 16.6 Å². The van der Waals surface area contributed by atoms with E-state index < -0.39 is 16.6 Å². The molecule has 1 aliphatic heterocycles. The zero-order chi connectivity index (χ0) is 16.3. The molecule has 0 unspecified atom stereocenters. The highest BCUT2D eigenvalue weighted by Gasteiger charge is 2.34. The summed E-state index contributed by atoms with van der Waals surface area (Å²) in [6.45, 7) is 21.3. The monoisotopic (exact) mass is 324 g/mol. The second-order valence-electron chi connectivity index (χ2n) is 7.46. The SMILES string of the molecule is C=CC[Si](C)(C)O[C@@H](C[C@H]1O[Si](C)(C)CC=C1C)C(=C)C. The molecule has 21 heavy (non-hydrogen) atoms. The number of hydrogen-bond acceptors (Lipinski definition) is 2. The van der Waals surface area contributed by atoms with Gasteiger partial charge in [0.25, 0.3) is 0 Å². The first-order valence-corrected chi connectivity index (χ1v) is 14.1. The first-order chi connectivity index (χ1) is 9.56. The van der Waals surface area contributed by atoms with Crippen molar-refractivity contribution in [3.63, 3.8) is 0 Å². The topological polar surface area (TPSA) is 18.5 Å². The van der Waals surface area contributed by atoms with Crippen LogP contribution >= 0.6 is 0 Å². The maximum Gasteiger partial charge on any atom is 0.191 e. The molecule has 4 heteroatoms. The third-order valence-electron chi connectivity index (χ3n) is 3.96. The Labute approximate surface area is 133 Å². The molecule has 0 radical (unpaired) electrons. The molecule has 2 atom stereocenters. The minimum absolute atomic E-state index is 0.0860. The molecule has 0 bridgehead atoms. The van der Waals surface area contributed by atoms with Crippen LogP contribution in [0.25, 0.3) is 0 Å². The van der Waals surface area contributed by atoms with Gasteiger partial charge in [-0.15, -0.1) is 6.58 Å². The van der Waals surface area contributed by atoms with Gasteiger partial charge in [-0.1, -0.05) is 29.9 Å². The lowest BCUT2D eigenvalue weighted by molar-refractivity contribution is 0.136. The molecule has 1 aliphatic rings. The average molecular weight is 325 g/mol. The molecular weight excluding hydrogens is 292 g/mol. The minimum atomic E-state index is -1.71. The van der Waals surface area contributed by atoms with E-state index in [0.29, 0.717) is 0 Å². The molecule has 120 valence electrons. The molecule has 0 aromatic heterocycles. The van der Waals surface area contributed by atoms with E-state index in [4.69, 9.17) is 8.85 Å². The molecular formula is C17H32O2Si2. The van der Waals surface area contributed by atoms with Gasteiger partial charge in [0.15, 0.2) is 16.6 Å². The Morgan fingerprint density at radius 3 is 2.71 bits per heavy atom. The molecule has 0 aromatic rings. The fourth-order valence-corrected chi connectivity index (χ4v) is 6.44. The molecule has 0 N–H and O–H groups in total. The van der Waals surface area contributed by atoms with Crippen LogP contribution in [0.15, 0.2) is 36.5 Å². The van der Waals surface area contributed by atoms with Crippen LogP contribution in [-0.2, 0) is 8.85 Å². The lowest BCUT2D eigenvalue weighted by atomic mass is 10.0. The number of allylic oxidation sites excluding steroid dienone is 2. The van der Waals surface area contributed by atoms with Crippen molar-refractivity contribution in [3.05, 3.63) is 36.5 Å². The summed E-state index contributed by atoms with van der Waals surface area (Å²) >= 11 is 0. The van der Waals surface area contributed by atoms with Crippen molar-refractivity contribution in [2.24, 2.45) is 0 Å². The van der Waals surface area contributed by atoms with Crippen LogP contribution in [0.5, 0.6) is 0 Å². The molecule has 0 aliphatic carbocycles.